The van der Waals surface area contributed by atoms with Crippen LogP contribution in [-0.2, 0) is 9.53 Å². The van der Waals surface area contributed by atoms with Crippen LogP contribution in [0.15, 0.2) is 24.3 Å². The van der Waals surface area contributed by atoms with Crippen molar-refractivity contribution in [1.29, 1.82) is 0 Å². The van der Waals surface area contributed by atoms with Gasteiger partial charge in [0.15, 0.2) is 0 Å². The highest BCUT2D eigenvalue weighted by Crippen LogP contribution is 2.23. The maximum atomic E-state index is 12.3. The predicted octanol–water partition coefficient (Wildman–Crippen LogP) is 3.54. The summed E-state index contributed by atoms with van der Waals surface area (Å²) in [5, 5.41) is 6.52. The summed E-state index contributed by atoms with van der Waals surface area (Å²) in [6.45, 7) is 9.01. The van der Waals surface area contributed by atoms with Gasteiger partial charge in [0, 0.05) is 31.3 Å². The second-order valence-electron chi connectivity index (χ2n) is 6.89. The molecule has 2 rings (SSSR count). The van der Waals surface area contributed by atoms with Gasteiger partial charge in [0.25, 0.3) is 0 Å². The average molecular weight is 318 g/mol. The van der Waals surface area contributed by atoms with E-state index in [9.17, 15) is 4.79 Å². The van der Waals surface area contributed by atoms with Gasteiger partial charge in [-0.3, -0.25) is 4.79 Å². The zero-order chi connectivity index (χ0) is 16.7. The summed E-state index contributed by atoms with van der Waals surface area (Å²) in [6.07, 6.45) is 2.85. The summed E-state index contributed by atoms with van der Waals surface area (Å²) in [4.78, 5) is 12.3. The fourth-order valence-corrected chi connectivity index (χ4v) is 3.00. The highest BCUT2D eigenvalue weighted by molar-refractivity contribution is 5.91. The van der Waals surface area contributed by atoms with Gasteiger partial charge in [-0.15, -0.1) is 0 Å². The van der Waals surface area contributed by atoms with E-state index in [-0.39, 0.29) is 11.9 Å². The zero-order valence-electron chi connectivity index (χ0n) is 14.6. The first-order valence-corrected chi connectivity index (χ1v) is 8.76. The Morgan fingerprint density at radius 1 is 1.30 bits per heavy atom. The zero-order valence-corrected chi connectivity index (χ0v) is 14.6. The Kier molecular flexibility index (Phi) is 7.06. The van der Waals surface area contributed by atoms with E-state index in [1.807, 2.05) is 18.2 Å². The minimum atomic E-state index is 0.0676. The molecule has 0 aliphatic carbocycles. The highest BCUT2D eigenvalue weighted by Gasteiger charge is 2.16. The van der Waals surface area contributed by atoms with E-state index in [2.05, 4.69) is 37.5 Å². The number of hydrogen-bond donors (Lipinski definition) is 2. The van der Waals surface area contributed by atoms with Gasteiger partial charge in [-0.2, -0.15) is 0 Å². The summed E-state index contributed by atoms with van der Waals surface area (Å²) < 4.78 is 5.49. The molecule has 1 aromatic rings. The Hall–Kier alpha value is -1.39. The minimum Gasteiger partial charge on any atom is -0.381 e. The van der Waals surface area contributed by atoms with E-state index in [0.29, 0.717) is 18.3 Å². The van der Waals surface area contributed by atoms with Crippen LogP contribution in [0.3, 0.4) is 0 Å². The molecule has 23 heavy (non-hydrogen) atoms. The first kappa shape index (κ1) is 18.0. The van der Waals surface area contributed by atoms with Crippen molar-refractivity contribution in [3.05, 3.63) is 29.8 Å². The van der Waals surface area contributed by atoms with Crippen molar-refractivity contribution >= 4 is 11.6 Å². The van der Waals surface area contributed by atoms with E-state index >= 15 is 0 Å². The SMILES string of the molecule is CC(CC(=O)Nc1ccccc1C(C)C)NCC1CCCOC1. The average Bonchev–Trinajstić information content (AvgIpc) is 2.54. The number of nitrogens with one attached hydrogen (secondary N) is 2. The molecule has 1 fully saturated rings. The molecule has 0 bridgehead atoms. The van der Waals surface area contributed by atoms with Crippen molar-refractivity contribution in [2.24, 2.45) is 5.92 Å². The molecule has 1 aromatic carbocycles. The van der Waals surface area contributed by atoms with Crippen molar-refractivity contribution in [2.45, 2.75) is 52.0 Å². The second kappa shape index (κ2) is 9.04. The van der Waals surface area contributed by atoms with Crippen molar-refractivity contribution in [3.8, 4) is 0 Å². The molecule has 0 aromatic heterocycles. The van der Waals surface area contributed by atoms with Crippen LogP contribution in [0.4, 0.5) is 5.69 Å². The summed E-state index contributed by atoms with van der Waals surface area (Å²) in [5.41, 5.74) is 2.11. The highest BCUT2D eigenvalue weighted by atomic mass is 16.5. The molecule has 1 amide bonds. The van der Waals surface area contributed by atoms with Crippen LogP contribution in [0.1, 0.15) is 51.5 Å². The number of carbonyl (C=O) groups is 1. The Bertz CT molecular complexity index is 496. The van der Waals surface area contributed by atoms with Crippen LogP contribution >= 0.6 is 0 Å². The van der Waals surface area contributed by atoms with Gasteiger partial charge in [-0.1, -0.05) is 32.0 Å². The molecule has 0 radical (unpaired) electrons. The fourth-order valence-electron chi connectivity index (χ4n) is 3.00. The molecule has 2 atom stereocenters. The van der Waals surface area contributed by atoms with E-state index in [1.54, 1.807) is 0 Å². The molecule has 4 nitrogen and oxygen atoms in total. The van der Waals surface area contributed by atoms with Gasteiger partial charge in [-0.25, -0.2) is 0 Å². The van der Waals surface area contributed by atoms with Crippen LogP contribution in [0.25, 0.3) is 0 Å². The number of carbonyl (C=O) groups excluding carboxylic acids is 1. The van der Waals surface area contributed by atoms with Crippen molar-refractivity contribution < 1.29 is 9.53 Å². The fraction of sp³-hybridized carbons (Fsp3) is 0.632. The van der Waals surface area contributed by atoms with Gasteiger partial charge in [0.2, 0.25) is 5.91 Å². The molecule has 1 aliphatic heterocycles. The molecule has 2 N–H and O–H groups in total. The lowest BCUT2D eigenvalue weighted by Crippen LogP contribution is -2.36. The first-order valence-electron chi connectivity index (χ1n) is 8.76. The molecule has 1 aliphatic rings. The predicted molar refractivity (Wildman–Crippen MR) is 94.8 cm³/mol. The molecule has 4 heteroatoms. The van der Waals surface area contributed by atoms with Gasteiger partial charge >= 0.3 is 0 Å². The van der Waals surface area contributed by atoms with Crippen molar-refractivity contribution in [2.75, 3.05) is 25.1 Å². The van der Waals surface area contributed by atoms with E-state index < -0.39 is 0 Å². The van der Waals surface area contributed by atoms with Crippen molar-refractivity contribution in [1.82, 2.24) is 5.32 Å². The molecular weight excluding hydrogens is 288 g/mol. The molecule has 2 unspecified atom stereocenters. The summed E-state index contributed by atoms with van der Waals surface area (Å²) in [7, 11) is 0. The minimum absolute atomic E-state index is 0.0676. The van der Waals surface area contributed by atoms with Crippen LogP contribution in [0.5, 0.6) is 0 Å². The van der Waals surface area contributed by atoms with Gasteiger partial charge in [-0.05, 0) is 43.2 Å². The first-order chi connectivity index (χ1) is 11.1. The Balaban J connectivity index is 1.77. The number of ether oxygens (including phenoxy) is 1. The smallest absolute Gasteiger partial charge is 0.225 e. The second-order valence-corrected chi connectivity index (χ2v) is 6.89. The lowest BCUT2D eigenvalue weighted by Gasteiger charge is -2.24. The summed E-state index contributed by atoms with van der Waals surface area (Å²) in [6, 6.07) is 8.20. The van der Waals surface area contributed by atoms with E-state index in [4.69, 9.17) is 4.74 Å². The molecule has 1 saturated heterocycles. The van der Waals surface area contributed by atoms with Crippen LogP contribution in [-0.4, -0.2) is 31.7 Å². The van der Waals surface area contributed by atoms with Gasteiger partial charge in [0.05, 0.1) is 6.61 Å². The maximum Gasteiger partial charge on any atom is 0.225 e. The standard InChI is InChI=1S/C19H30N2O2/c1-14(2)17-8-4-5-9-18(17)21-19(22)11-15(3)20-12-16-7-6-10-23-13-16/h4-5,8-9,14-16,20H,6-7,10-13H2,1-3H3,(H,21,22). The number of para-hydroxylation sites is 1. The molecule has 0 spiro atoms. The van der Waals surface area contributed by atoms with Gasteiger partial charge < -0.3 is 15.4 Å². The lowest BCUT2D eigenvalue weighted by molar-refractivity contribution is -0.116. The molecular formula is C19H30N2O2. The number of benzene rings is 1. The van der Waals surface area contributed by atoms with Gasteiger partial charge in [0.1, 0.15) is 0 Å². The van der Waals surface area contributed by atoms with Crippen molar-refractivity contribution in [3.63, 3.8) is 0 Å². The normalized spacial score (nSPS) is 19.6. The molecule has 128 valence electrons. The monoisotopic (exact) mass is 318 g/mol. The third-order valence-corrected chi connectivity index (χ3v) is 4.36. The third kappa shape index (κ3) is 5.96. The topological polar surface area (TPSA) is 50.4 Å². The quantitative estimate of drug-likeness (QED) is 0.808. The van der Waals surface area contributed by atoms with Crippen LogP contribution in [0.2, 0.25) is 0 Å². The summed E-state index contributed by atoms with van der Waals surface area (Å²) in [5.74, 6) is 1.04. The van der Waals surface area contributed by atoms with Crippen LogP contribution < -0.4 is 10.6 Å². The van der Waals surface area contributed by atoms with E-state index in [1.165, 1.54) is 12.0 Å². The third-order valence-electron chi connectivity index (χ3n) is 4.36. The van der Waals surface area contributed by atoms with Crippen LogP contribution in [0, 0.1) is 5.92 Å². The number of amides is 1. The molecule has 1 heterocycles. The largest absolute Gasteiger partial charge is 0.381 e. The summed E-state index contributed by atoms with van der Waals surface area (Å²) >= 11 is 0. The Morgan fingerprint density at radius 3 is 2.78 bits per heavy atom. The number of rotatable bonds is 7. The lowest BCUT2D eigenvalue weighted by atomic mass is 10.0. The Morgan fingerprint density at radius 2 is 2.09 bits per heavy atom. The number of hydrogen-bond acceptors (Lipinski definition) is 3. The Labute approximate surface area is 140 Å². The number of anilines is 1. The molecule has 0 saturated carbocycles. The maximum absolute atomic E-state index is 12.3. The van der Waals surface area contributed by atoms with E-state index in [0.717, 1.165) is 31.9 Å².